The van der Waals surface area contributed by atoms with Gasteiger partial charge in [-0.25, -0.2) is 24.1 Å². The lowest BCUT2D eigenvalue weighted by Crippen LogP contribution is -2.58. The number of rotatable bonds is 4. The summed E-state index contributed by atoms with van der Waals surface area (Å²) in [5.41, 5.74) is 2.84. The molecule has 0 saturated carbocycles. The maximum atomic E-state index is 14.5. The van der Waals surface area contributed by atoms with Crippen molar-refractivity contribution in [3.05, 3.63) is 53.9 Å². The number of hydrogen-bond acceptors (Lipinski definition) is 7. The molecule has 0 spiro atoms. The van der Waals surface area contributed by atoms with Gasteiger partial charge in [0.25, 0.3) is 5.91 Å². The fraction of sp³-hybridized carbons (Fsp3) is 0.320. The monoisotopic (exact) mass is 507 g/mol. The second-order valence-electron chi connectivity index (χ2n) is 9.18. The van der Waals surface area contributed by atoms with Crippen LogP contribution in [0.3, 0.4) is 0 Å². The molecule has 11 nitrogen and oxygen atoms in total. The highest BCUT2D eigenvalue weighted by Crippen LogP contribution is 2.31. The van der Waals surface area contributed by atoms with Crippen LogP contribution in [0.2, 0.25) is 0 Å². The van der Waals surface area contributed by atoms with Gasteiger partial charge in [0.2, 0.25) is 5.88 Å². The number of aromatic nitrogens is 4. The van der Waals surface area contributed by atoms with Crippen LogP contribution >= 0.6 is 0 Å². The largest absolute Gasteiger partial charge is 0.480 e. The number of carbonyl (C=O) groups is 2. The molecule has 0 aliphatic carbocycles. The third-order valence-corrected chi connectivity index (χ3v) is 6.47. The van der Waals surface area contributed by atoms with Crippen LogP contribution in [0, 0.1) is 12.7 Å². The van der Waals surface area contributed by atoms with E-state index in [1.54, 1.807) is 31.5 Å². The molecule has 12 heteroatoms. The van der Waals surface area contributed by atoms with E-state index in [4.69, 9.17) is 4.74 Å². The fourth-order valence-electron chi connectivity index (χ4n) is 4.95. The van der Waals surface area contributed by atoms with E-state index in [1.807, 2.05) is 18.7 Å². The van der Waals surface area contributed by atoms with Crippen LogP contribution in [0.25, 0.3) is 16.7 Å². The van der Waals surface area contributed by atoms with Crippen LogP contribution in [0.5, 0.6) is 5.88 Å². The molecule has 192 valence electrons. The Bertz CT molecular complexity index is 1530. The zero-order chi connectivity index (χ0) is 26.4. The first-order valence-corrected chi connectivity index (χ1v) is 11.7. The van der Waals surface area contributed by atoms with Gasteiger partial charge in [-0.2, -0.15) is 0 Å². The third kappa shape index (κ3) is 4.34. The molecular weight excluding hydrogens is 481 g/mol. The molecule has 1 saturated heterocycles. The minimum atomic E-state index is -0.957. The first-order valence-electron chi connectivity index (χ1n) is 11.7. The van der Waals surface area contributed by atoms with E-state index < -0.39 is 17.8 Å². The van der Waals surface area contributed by atoms with Crippen LogP contribution in [0.15, 0.2) is 36.8 Å². The highest BCUT2D eigenvalue weighted by molar-refractivity contribution is 6.13. The molecule has 1 aromatic carbocycles. The van der Waals surface area contributed by atoms with Gasteiger partial charge in [0, 0.05) is 31.5 Å². The van der Waals surface area contributed by atoms with Crippen LogP contribution in [0.4, 0.5) is 20.6 Å². The Morgan fingerprint density at radius 1 is 1.14 bits per heavy atom. The second-order valence-corrected chi connectivity index (χ2v) is 9.18. The zero-order valence-electron chi connectivity index (χ0n) is 20.8. The average Bonchev–Trinajstić information content (AvgIpc) is 3.22. The van der Waals surface area contributed by atoms with Crippen molar-refractivity contribution >= 4 is 40.1 Å². The first kappa shape index (κ1) is 24.2. The molecule has 2 unspecified atom stereocenters. The number of amides is 2. The van der Waals surface area contributed by atoms with Crippen LogP contribution in [0.1, 0.15) is 29.9 Å². The number of pyridine rings is 1. The molecular formula is C25H26FN7O4. The van der Waals surface area contributed by atoms with Gasteiger partial charge in [-0.15, -0.1) is 0 Å². The number of aryl methyl sites for hydroxylation is 1. The summed E-state index contributed by atoms with van der Waals surface area (Å²) < 4.78 is 21.3. The summed E-state index contributed by atoms with van der Waals surface area (Å²) in [4.78, 5) is 41.6. The van der Waals surface area contributed by atoms with E-state index in [0.29, 0.717) is 29.8 Å². The number of halogens is 1. The number of imidazole rings is 1. The number of carbonyl (C=O) groups excluding carboxylic acids is 1. The molecule has 1 aliphatic heterocycles. The van der Waals surface area contributed by atoms with Gasteiger partial charge in [0.15, 0.2) is 11.5 Å². The summed E-state index contributed by atoms with van der Waals surface area (Å²) >= 11 is 0. The Kier molecular flexibility index (Phi) is 6.02. The fourth-order valence-corrected chi connectivity index (χ4v) is 4.95. The molecule has 1 fully saturated rings. The van der Waals surface area contributed by atoms with Crippen molar-refractivity contribution < 1.29 is 23.8 Å². The van der Waals surface area contributed by atoms with Crippen molar-refractivity contribution in [1.29, 1.82) is 0 Å². The van der Waals surface area contributed by atoms with Crippen LogP contribution < -0.4 is 15.0 Å². The van der Waals surface area contributed by atoms with E-state index in [9.17, 15) is 19.1 Å². The van der Waals surface area contributed by atoms with Crippen molar-refractivity contribution in [2.75, 3.05) is 30.4 Å². The van der Waals surface area contributed by atoms with Crippen molar-refractivity contribution in [2.24, 2.45) is 0 Å². The molecule has 37 heavy (non-hydrogen) atoms. The molecule has 2 amide bonds. The summed E-state index contributed by atoms with van der Waals surface area (Å²) in [6, 6.07) is 4.13. The Balaban J connectivity index is 1.52. The summed E-state index contributed by atoms with van der Waals surface area (Å²) in [5, 5.41) is 12.3. The van der Waals surface area contributed by atoms with Crippen molar-refractivity contribution in [1.82, 2.24) is 24.3 Å². The van der Waals surface area contributed by atoms with Crippen molar-refractivity contribution in [3.63, 3.8) is 0 Å². The van der Waals surface area contributed by atoms with E-state index in [0.717, 1.165) is 5.69 Å². The number of nitrogens with one attached hydrogen (secondary N) is 1. The number of piperazine rings is 1. The lowest BCUT2D eigenvalue weighted by Gasteiger charge is -2.44. The number of hydrogen-bond donors (Lipinski definition) is 2. The van der Waals surface area contributed by atoms with Gasteiger partial charge < -0.3 is 24.5 Å². The first-order chi connectivity index (χ1) is 17.7. The topological polar surface area (TPSA) is 125 Å². The molecule has 1 aliphatic rings. The minimum absolute atomic E-state index is 0.173. The van der Waals surface area contributed by atoms with Gasteiger partial charge >= 0.3 is 6.09 Å². The van der Waals surface area contributed by atoms with Crippen molar-refractivity contribution in [3.8, 4) is 5.88 Å². The summed E-state index contributed by atoms with van der Waals surface area (Å²) in [5.74, 6) is -0.819. The third-order valence-electron chi connectivity index (χ3n) is 6.47. The number of benzene rings is 1. The molecule has 2 atom stereocenters. The molecule has 3 aromatic heterocycles. The van der Waals surface area contributed by atoms with Gasteiger partial charge in [-0.3, -0.25) is 9.69 Å². The Morgan fingerprint density at radius 3 is 2.54 bits per heavy atom. The Labute approximate surface area is 211 Å². The number of nitrogens with zero attached hydrogens (tertiary/aromatic N) is 6. The predicted molar refractivity (Wildman–Crippen MR) is 135 cm³/mol. The summed E-state index contributed by atoms with van der Waals surface area (Å²) in [7, 11) is 1.46. The number of fused-ring (bicyclic) bond motifs is 2. The molecule has 2 N–H and O–H groups in total. The zero-order valence-corrected chi connectivity index (χ0v) is 20.8. The maximum Gasteiger partial charge on any atom is 0.407 e. The Morgan fingerprint density at radius 2 is 1.86 bits per heavy atom. The molecule has 0 radical (unpaired) electrons. The van der Waals surface area contributed by atoms with E-state index in [2.05, 4.69) is 20.3 Å². The van der Waals surface area contributed by atoms with E-state index in [1.165, 1.54) is 28.7 Å². The predicted octanol–water partition coefficient (Wildman–Crippen LogP) is 3.56. The van der Waals surface area contributed by atoms with Gasteiger partial charge in [0.1, 0.15) is 11.0 Å². The number of carboxylic acid groups (broad SMARTS) is 1. The lowest BCUT2D eigenvalue weighted by atomic mass is 10.1. The SMILES string of the molecule is COc1cnc2c(N3CC(C)N(C(=O)O)C(C)C3)ccc(C(=O)Nc3cc(F)c4nc(C)cn4c3)c2n1. The smallest absolute Gasteiger partial charge is 0.407 e. The highest BCUT2D eigenvalue weighted by Gasteiger charge is 2.34. The average molecular weight is 508 g/mol. The lowest BCUT2D eigenvalue weighted by molar-refractivity contribution is 0.0980. The molecule has 4 heterocycles. The number of methoxy groups -OCH3 is 1. The van der Waals surface area contributed by atoms with Gasteiger partial charge in [-0.05, 0) is 32.9 Å². The van der Waals surface area contributed by atoms with Gasteiger partial charge in [-0.1, -0.05) is 0 Å². The molecule has 5 rings (SSSR count). The van der Waals surface area contributed by atoms with E-state index in [-0.39, 0.29) is 34.9 Å². The van der Waals surface area contributed by atoms with Crippen LogP contribution in [-0.2, 0) is 0 Å². The second kappa shape index (κ2) is 9.19. The molecule has 4 aromatic rings. The Hall–Kier alpha value is -4.48. The summed E-state index contributed by atoms with van der Waals surface area (Å²) in [6.07, 6.45) is 3.77. The van der Waals surface area contributed by atoms with Gasteiger partial charge in [0.05, 0.1) is 48.0 Å². The number of ether oxygens (including phenoxy) is 1. The number of anilines is 2. The van der Waals surface area contributed by atoms with Crippen molar-refractivity contribution in [2.45, 2.75) is 32.9 Å². The standard InChI is InChI=1S/C25H26FN7O4/c1-13-9-32-12-16(7-18(26)23(32)28-13)29-24(34)17-5-6-19(22-21(17)30-20(37-4)8-27-22)31-10-14(2)33(25(35)36)15(3)11-31/h5-9,12,14-15H,10-11H2,1-4H3,(H,29,34)(H,35,36). The van der Waals surface area contributed by atoms with Crippen LogP contribution in [-0.4, -0.2) is 73.6 Å². The maximum absolute atomic E-state index is 14.5. The van der Waals surface area contributed by atoms with E-state index >= 15 is 0 Å². The highest BCUT2D eigenvalue weighted by atomic mass is 19.1. The summed E-state index contributed by atoms with van der Waals surface area (Å²) in [6.45, 7) is 6.37. The normalized spacial score (nSPS) is 17.9. The molecule has 0 bridgehead atoms. The quantitative estimate of drug-likeness (QED) is 0.430. The minimum Gasteiger partial charge on any atom is -0.480 e.